The Labute approximate surface area is 104 Å². The number of carbonyl (C=O) groups excluding carboxylic acids is 1. The van der Waals surface area contributed by atoms with Crippen molar-refractivity contribution in [3.8, 4) is 6.01 Å². The van der Waals surface area contributed by atoms with Crippen LogP contribution in [0.3, 0.4) is 0 Å². The summed E-state index contributed by atoms with van der Waals surface area (Å²) in [4.78, 5) is 24.2. The fourth-order valence-electron chi connectivity index (χ4n) is 1.14. The molecule has 0 aromatic carbocycles. The Balaban J connectivity index is 2.12. The van der Waals surface area contributed by atoms with Gasteiger partial charge in [0.2, 0.25) is 0 Å². The van der Waals surface area contributed by atoms with Crippen LogP contribution in [-0.2, 0) is 4.79 Å². The van der Waals surface area contributed by atoms with Crippen molar-refractivity contribution in [2.75, 3.05) is 14.1 Å². The SMILES string of the molecule is CN(C)/C=N/c1nc(OC(=O)C2CC2)ncc1F. The van der Waals surface area contributed by atoms with Crippen LogP contribution in [0.15, 0.2) is 11.2 Å². The molecule has 0 saturated heterocycles. The number of hydrogen-bond acceptors (Lipinski definition) is 5. The predicted octanol–water partition coefficient (Wildman–Crippen LogP) is 1.15. The largest absolute Gasteiger partial charge is 0.391 e. The number of rotatable bonds is 4. The molecule has 0 amide bonds. The molecule has 1 fully saturated rings. The maximum absolute atomic E-state index is 13.3. The zero-order valence-electron chi connectivity index (χ0n) is 10.1. The van der Waals surface area contributed by atoms with Gasteiger partial charge in [0.1, 0.15) is 0 Å². The van der Waals surface area contributed by atoms with E-state index in [0.29, 0.717) is 0 Å². The van der Waals surface area contributed by atoms with Gasteiger partial charge in [0.15, 0.2) is 11.6 Å². The Morgan fingerprint density at radius 2 is 2.33 bits per heavy atom. The van der Waals surface area contributed by atoms with Crippen molar-refractivity contribution in [1.82, 2.24) is 14.9 Å². The first-order valence-corrected chi connectivity index (χ1v) is 5.51. The Hall–Kier alpha value is -2.05. The third kappa shape index (κ3) is 3.22. The standard InChI is InChI=1S/C11H13FN4O2/c1-16(2)6-14-9-8(12)5-13-11(15-9)18-10(17)7-3-4-7/h5-7H,3-4H2,1-2H3/b14-6+. The monoisotopic (exact) mass is 252 g/mol. The van der Waals surface area contributed by atoms with Gasteiger partial charge in [-0.05, 0) is 12.8 Å². The first-order valence-electron chi connectivity index (χ1n) is 5.51. The number of aliphatic imine (C=N–C) groups is 1. The summed E-state index contributed by atoms with van der Waals surface area (Å²) in [6, 6.07) is -0.167. The van der Waals surface area contributed by atoms with E-state index in [-0.39, 0.29) is 23.7 Å². The molecule has 0 atom stereocenters. The second kappa shape index (κ2) is 5.07. The van der Waals surface area contributed by atoms with Crippen LogP contribution in [0.4, 0.5) is 10.2 Å². The lowest BCUT2D eigenvalue weighted by Gasteiger charge is -2.04. The highest BCUT2D eigenvalue weighted by molar-refractivity contribution is 5.76. The summed E-state index contributed by atoms with van der Waals surface area (Å²) in [5, 5.41) is 0. The molecular weight excluding hydrogens is 239 g/mol. The fourth-order valence-corrected chi connectivity index (χ4v) is 1.14. The molecule has 0 aliphatic heterocycles. The zero-order valence-corrected chi connectivity index (χ0v) is 10.1. The highest BCUT2D eigenvalue weighted by Crippen LogP contribution is 2.30. The van der Waals surface area contributed by atoms with Crippen LogP contribution >= 0.6 is 0 Å². The second-order valence-electron chi connectivity index (χ2n) is 4.23. The van der Waals surface area contributed by atoms with Gasteiger partial charge in [-0.1, -0.05) is 0 Å². The number of aromatic nitrogens is 2. The van der Waals surface area contributed by atoms with Crippen molar-refractivity contribution in [3.63, 3.8) is 0 Å². The average molecular weight is 252 g/mol. The minimum Gasteiger partial charge on any atom is -0.391 e. The van der Waals surface area contributed by atoms with Crippen LogP contribution in [0, 0.1) is 11.7 Å². The summed E-state index contributed by atoms with van der Waals surface area (Å²) in [6.45, 7) is 0. The summed E-state index contributed by atoms with van der Waals surface area (Å²) >= 11 is 0. The summed E-state index contributed by atoms with van der Waals surface area (Å²) in [7, 11) is 3.49. The smallest absolute Gasteiger partial charge is 0.326 e. The van der Waals surface area contributed by atoms with E-state index in [0.717, 1.165) is 19.0 Å². The van der Waals surface area contributed by atoms with E-state index < -0.39 is 5.82 Å². The van der Waals surface area contributed by atoms with Gasteiger partial charge in [-0.3, -0.25) is 4.79 Å². The average Bonchev–Trinajstić information content (AvgIpc) is 3.13. The Morgan fingerprint density at radius 1 is 1.61 bits per heavy atom. The lowest BCUT2D eigenvalue weighted by atomic mass is 10.4. The molecule has 0 spiro atoms. The van der Waals surface area contributed by atoms with Crippen LogP contribution < -0.4 is 4.74 Å². The third-order valence-corrected chi connectivity index (χ3v) is 2.22. The van der Waals surface area contributed by atoms with Gasteiger partial charge >= 0.3 is 12.0 Å². The van der Waals surface area contributed by atoms with Gasteiger partial charge in [-0.2, -0.15) is 4.98 Å². The highest BCUT2D eigenvalue weighted by atomic mass is 19.1. The van der Waals surface area contributed by atoms with E-state index >= 15 is 0 Å². The van der Waals surface area contributed by atoms with Crippen molar-refractivity contribution in [2.45, 2.75) is 12.8 Å². The quantitative estimate of drug-likeness (QED) is 0.457. The molecule has 0 N–H and O–H groups in total. The molecule has 1 saturated carbocycles. The Kier molecular flexibility index (Phi) is 3.50. The molecule has 1 aliphatic carbocycles. The highest BCUT2D eigenvalue weighted by Gasteiger charge is 2.32. The van der Waals surface area contributed by atoms with E-state index in [1.54, 1.807) is 19.0 Å². The maximum Gasteiger partial charge on any atom is 0.326 e. The summed E-state index contributed by atoms with van der Waals surface area (Å²) in [6.07, 6.45) is 3.99. The molecule has 7 heteroatoms. The minimum absolute atomic E-state index is 0.0626. The van der Waals surface area contributed by atoms with Crippen LogP contribution in [0.25, 0.3) is 0 Å². The Bertz CT molecular complexity index is 486. The molecule has 0 radical (unpaired) electrons. The van der Waals surface area contributed by atoms with Crippen LogP contribution in [-0.4, -0.2) is 41.3 Å². The fraction of sp³-hybridized carbons (Fsp3) is 0.455. The topological polar surface area (TPSA) is 67.7 Å². The predicted molar refractivity (Wildman–Crippen MR) is 62.2 cm³/mol. The zero-order chi connectivity index (χ0) is 13.1. The number of esters is 1. The minimum atomic E-state index is -0.667. The first-order chi connectivity index (χ1) is 8.56. The number of halogens is 1. The molecule has 1 aromatic heterocycles. The number of hydrogen-bond donors (Lipinski definition) is 0. The van der Waals surface area contributed by atoms with Crippen molar-refractivity contribution >= 4 is 18.1 Å². The van der Waals surface area contributed by atoms with Crippen molar-refractivity contribution < 1.29 is 13.9 Å². The van der Waals surface area contributed by atoms with Crippen molar-refractivity contribution in [2.24, 2.45) is 10.9 Å². The van der Waals surface area contributed by atoms with Gasteiger partial charge in [0.25, 0.3) is 0 Å². The summed E-state index contributed by atoms with van der Waals surface area (Å²) in [5.74, 6) is -1.26. The number of carbonyl (C=O) groups is 1. The lowest BCUT2D eigenvalue weighted by molar-refractivity contribution is -0.136. The Morgan fingerprint density at radius 3 is 2.94 bits per heavy atom. The number of ether oxygens (including phenoxy) is 1. The molecule has 1 heterocycles. The molecule has 1 aliphatic rings. The molecule has 0 bridgehead atoms. The maximum atomic E-state index is 13.3. The molecule has 2 rings (SSSR count). The van der Waals surface area contributed by atoms with Gasteiger partial charge in [-0.25, -0.2) is 14.4 Å². The van der Waals surface area contributed by atoms with Crippen molar-refractivity contribution in [3.05, 3.63) is 12.0 Å². The summed E-state index contributed by atoms with van der Waals surface area (Å²) in [5.41, 5.74) is 0. The van der Waals surface area contributed by atoms with E-state index in [2.05, 4.69) is 15.0 Å². The van der Waals surface area contributed by atoms with Crippen LogP contribution in [0.1, 0.15) is 12.8 Å². The van der Waals surface area contributed by atoms with Gasteiger partial charge in [0.05, 0.1) is 18.5 Å². The first kappa shape index (κ1) is 12.4. The van der Waals surface area contributed by atoms with E-state index in [1.807, 2.05) is 0 Å². The normalized spacial score (nSPS) is 14.8. The van der Waals surface area contributed by atoms with Crippen LogP contribution in [0.2, 0.25) is 0 Å². The third-order valence-electron chi connectivity index (χ3n) is 2.22. The van der Waals surface area contributed by atoms with Crippen molar-refractivity contribution in [1.29, 1.82) is 0 Å². The second-order valence-corrected chi connectivity index (χ2v) is 4.23. The van der Waals surface area contributed by atoms with Gasteiger partial charge in [-0.15, -0.1) is 0 Å². The summed E-state index contributed by atoms with van der Waals surface area (Å²) < 4.78 is 18.3. The molecule has 18 heavy (non-hydrogen) atoms. The van der Waals surface area contributed by atoms with Crippen LogP contribution in [0.5, 0.6) is 6.01 Å². The van der Waals surface area contributed by atoms with E-state index in [4.69, 9.17) is 4.74 Å². The van der Waals surface area contributed by atoms with E-state index in [1.165, 1.54) is 6.34 Å². The molecular formula is C11H13FN4O2. The van der Waals surface area contributed by atoms with Gasteiger partial charge < -0.3 is 9.64 Å². The molecule has 6 nitrogen and oxygen atoms in total. The molecule has 1 aromatic rings. The molecule has 0 unspecified atom stereocenters. The van der Waals surface area contributed by atoms with E-state index in [9.17, 15) is 9.18 Å². The van der Waals surface area contributed by atoms with Gasteiger partial charge in [0, 0.05) is 14.1 Å². The molecule has 96 valence electrons. The lowest BCUT2D eigenvalue weighted by Crippen LogP contribution is -2.12. The number of nitrogens with zero attached hydrogens (tertiary/aromatic N) is 4.